The minimum Gasteiger partial charge on any atom is -0.331 e. The number of anilines is 2. The van der Waals surface area contributed by atoms with Crippen molar-refractivity contribution < 1.29 is 4.79 Å². The Morgan fingerprint density at radius 2 is 2.06 bits per heavy atom. The van der Waals surface area contributed by atoms with Crippen LogP contribution < -0.4 is 10.6 Å². The number of urea groups is 1. The molecule has 0 spiro atoms. The lowest BCUT2D eigenvalue weighted by Crippen LogP contribution is -2.20. The van der Waals surface area contributed by atoms with Crippen molar-refractivity contribution >= 4 is 40.9 Å². The van der Waals surface area contributed by atoms with E-state index in [4.69, 9.17) is 23.2 Å². The molecular formula is C10H8Cl2N4O. The predicted octanol–water partition coefficient (Wildman–Crippen LogP) is 3.36. The summed E-state index contributed by atoms with van der Waals surface area (Å²) < 4.78 is 0. The molecule has 0 atom stereocenters. The number of aromatic amines is 1. The van der Waals surface area contributed by atoms with Crippen molar-refractivity contribution in [3.63, 3.8) is 0 Å². The van der Waals surface area contributed by atoms with Crippen LogP contribution in [0, 0.1) is 0 Å². The molecule has 0 unspecified atom stereocenters. The van der Waals surface area contributed by atoms with Crippen LogP contribution in [-0.4, -0.2) is 16.0 Å². The molecule has 0 saturated heterocycles. The third kappa shape index (κ3) is 3.12. The highest BCUT2D eigenvalue weighted by Gasteiger charge is 2.05. The van der Waals surface area contributed by atoms with E-state index in [2.05, 4.69) is 20.6 Å². The van der Waals surface area contributed by atoms with Gasteiger partial charge in [0.2, 0.25) is 5.95 Å². The van der Waals surface area contributed by atoms with E-state index in [0.29, 0.717) is 21.7 Å². The first-order valence-corrected chi connectivity index (χ1v) is 5.43. The zero-order valence-corrected chi connectivity index (χ0v) is 10.0. The number of carbonyl (C=O) groups excluding carboxylic acids is 1. The monoisotopic (exact) mass is 270 g/mol. The van der Waals surface area contributed by atoms with E-state index in [9.17, 15) is 4.79 Å². The molecule has 2 amide bonds. The summed E-state index contributed by atoms with van der Waals surface area (Å²) in [6.07, 6.45) is 3.14. The Labute approximate surface area is 107 Å². The van der Waals surface area contributed by atoms with Gasteiger partial charge in [-0.1, -0.05) is 23.2 Å². The number of amides is 2. The third-order valence-corrected chi connectivity index (χ3v) is 2.65. The van der Waals surface area contributed by atoms with Crippen LogP contribution in [0.2, 0.25) is 10.0 Å². The lowest BCUT2D eigenvalue weighted by atomic mass is 10.3. The van der Waals surface area contributed by atoms with Gasteiger partial charge >= 0.3 is 6.03 Å². The second-order valence-corrected chi connectivity index (χ2v) is 3.96. The van der Waals surface area contributed by atoms with Crippen molar-refractivity contribution in [2.45, 2.75) is 0 Å². The molecular weight excluding hydrogens is 263 g/mol. The number of H-pyrrole nitrogens is 1. The van der Waals surface area contributed by atoms with Crippen molar-refractivity contribution in [1.82, 2.24) is 9.97 Å². The van der Waals surface area contributed by atoms with Gasteiger partial charge in [-0.3, -0.25) is 5.32 Å². The highest BCUT2D eigenvalue weighted by molar-refractivity contribution is 6.42. The van der Waals surface area contributed by atoms with Gasteiger partial charge in [0.1, 0.15) is 0 Å². The van der Waals surface area contributed by atoms with Gasteiger partial charge in [-0.15, -0.1) is 0 Å². The topological polar surface area (TPSA) is 69.8 Å². The van der Waals surface area contributed by atoms with Crippen LogP contribution in [0.25, 0.3) is 0 Å². The minimum absolute atomic E-state index is 0.363. The summed E-state index contributed by atoms with van der Waals surface area (Å²) in [4.78, 5) is 18.1. The van der Waals surface area contributed by atoms with Crippen molar-refractivity contribution in [3.8, 4) is 0 Å². The number of nitrogens with one attached hydrogen (secondary N) is 3. The van der Waals surface area contributed by atoms with Crippen molar-refractivity contribution in [2.75, 3.05) is 10.6 Å². The Morgan fingerprint density at radius 1 is 1.24 bits per heavy atom. The number of aromatic nitrogens is 2. The van der Waals surface area contributed by atoms with E-state index in [0.717, 1.165) is 0 Å². The lowest BCUT2D eigenvalue weighted by Gasteiger charge is -2.06. The van der Waals surface area contributed by atoms with Crippen LogP contribution in [0.15, 0.2) is 30.6 Å². The van der Waals surface area contributed by atoms with E-state index in [-0.39, 0.29) is 0 Å². The smallest absolute Gasteiger partial charge is 0.326 e. The predicted molar refractivity (Wildman–Crippen MR) is 67.7 cm³/mol. The van der Waals surface area contributed by atoms with Crippen molar-refractivity contribution in [1.29, 1.82) is 0 Å². The average Bonchev–Trinajstić information content (AvgIpc) is 2.76. The summed E-state index contributed by atoms with van der Waals surface area (Å²) in [5.41, 5.74) is 0.545. The quantitative estimate of drug-likeness (QED) is 0.783. The molecule has 7 heteroatoms. The zero-order valence-electron chi connectivity index (χ0n) is 8.50. The molecule has 2 rings (SSSR count). The first kappa shape index (κ1) is 11.8. The molecule has 2 aromatic rings. The Bertz CT molecular complexity index is 527. The summed E-state index contributed by atoms with van der Waals surface area (Å²) in [5.74, 6) is 0.363. The van der Waals surface area contributed by atoms with Gasteiger partial charge in [0.15, 0.2) is 0 Å². The highest BCUT2D eigenvalue weighted by Crippen LogP contribution is 2.24. The highest BCUT2D eigenvalue weighted by atomic mass is 35.5. The largest absolute Gasteiger partial charge is 0.331 e. The Morgan fingerprint density at radius 3 is 2.71 bits per heavy atom. The second-order valence-electron chi connectivity index (χ2n) is 3.15. The molecule has 0 aliphatic heterocycles. The molecule has 1 aromatic heterocycles. The summed E-state index contributed by atoms with van der Waals surface area (Å²) in [5, 5.41) is 5.92. The number of hydrogen-bond donors (Lipinski definition) is 3. The first-order chi connectivity index (χ1) is 8.15. The van der Waals surface area contributed by atoms with Gasteiger partial charge in [0.05, 0.1) is 10.0 Å². The van der Waals surface area contributed by atoms with Crippen LogP contribution in [0.3, 0.4) is 0 Å². The molecule has 0 fully saturated rings. The molecule has 0 aliphatic carbocycles. The number of nitrogens with zero attached hydrogens (tertiary/aromatic N) is 1. The molecule has 0 radical (unpaired) electrons. The molecule has 1 heterocycles. The van der Waals surface area contributed by atoms with E-state index < -0.39 is 6.03 Å². The van der Waals surface area contributed by atoms with E-state index >= 15 is 0 Å². The van der Waals surface area contributed by atoms with E-state index in [1.807, 2.05) is 0 Å². The van der Waals surface area contributed by atoms with Gasteiger partial charge in [0.25, 0.3) is 0 Å². The molecule has 0 bridgehead atoms. The maximum absolute atomic E-state index is 11.5. The number of halogens is 2. The van der Waals surface area contributed by atoms with E-state index in [1.165, 1.54) is 6.20 Å². The number of rotatable bonds is 2. The van der Waals surface area contributed by atoms with E-state index in [1.54, 1.807) is 24.4 Å². The maximum atomic E-state index is 11.5. The van der Waals surface area contributed by atoms with Crippen molar-refractivity contribution in [3.05, 3.63) is 40.6 Å². The standard InChI is InChI=1S/C10H8Cl2N4O/c11-7-2-1-6(5-8(7)12)15-10(17)16-9-13-3-4-14-9/h1-5H,(H3,13,14,15,16,17). The van der Waals surface area contributed by atoms with Crippen LogP contribution in [0.5, 0.6) is 0 Å². The first-order valence-electron chi connectivity index (χ1n) is 4.67. The van der Waals surface area contributed by atoms with Gasteiger partial charge in [-0.25, -0.2) is 9.78 Å². The fraction of sp³-hybridized carbons (Fsp3) is 0. The fourth-order valence-electron chi connectivity index (χ4n) is 1.18. The Balaban J connectivity index is 2.00. The zero-order chi connectivity index (χ0) is 12.3. The van der Waals surface area contributed by atoms with Crippen molar-refractivity contribution in [2.24, 2.45) is 0 Å². The molecule has 0 aliphatic rings. The van der Waals surface area contributed by atoms with Crippen LogP contribution in [-0.2, 0) is 0 Å². The molecule has 1 aromatic carbocycles. The summed E-state index contributed by atoms with van der Waals surface area (Å²) in [7, 11) is 0. The summed E-state index contributed by atoms with van der Waals surface area (Å²) in [6.45, 7) is 0. The molecule has 5 nitrogen and oxygen atoms in total. The summed E-state index contributed by atoms with van der Waals surface area (Å²) in [6, 6.07) is 4.40. The van der Waals surface area contributed by atoms with Gasteiger partial charge in [-0.2, -0.15) is 0 Å². The number of carbonyl (C=O) groups is 1. The minimum atomic E-state index is -0.418. The maximum Gasteiger partial charge on any atom is 0.326 e. The Kier molecular flexibility index (Phi) is 3.51. The second kappa shape index (κ2) is 5.07. The molecule has 0 saturated carbocycles. The summed E-state index contributed by atoms with van der Waals surface area (Å²) >= 11 is 11.6. The van der Waals surface area contributed by atoms with Gasteiger partial charge < -0.3 is 10.3 Å². The number of benzene rings is 1. The third-order valence-electron chi connectivity index (χ3n) is 1.91. The average molecular weight is 271 g/mol. The molecule has 17 heavy (non-hydrogen) atoms. The van der Waals surface area contributed by atoms with Crippen LogP contribution >= 0.6 is 23.2 Å². The number of hydrogen-bond acceptors (Lipinski definition) is 2. The molecule has 3 N–H and O–H groups in total. The lowest BCUT2D eigenvalue weighted by molar-refractivity contribution is 0.262. The Hall–Kier alpha value is -1.72. The SMILES string of the molecule is O=C(Nc1ccc(Cl)c(Cl)c1)Nc1ncc[nH]1. The van der Waals surface area contributed by atoms with Gasteiger partial charge in [-0.05, 0) is 18.2 Å². The normalized spacial score (nSPS) is 10.0. The molecule has 88 valence electrons. The van der Waals surface area contributed by atoms with Crippen LogP contribution in [0.4, 0.5) is 16.4 Å². The fourth-order valence-corrected chi connectivity index (χ4v) is 1.48. The number of imidazole rings is 1. The van der Waals surface area contributed by atoms with Gasteiger partial charge in [0, 0.05) is 18.1 Å². The van der Waals surface area contributed by atoms with Crippen LogP contribution in [0.1, 0.15) is 0 Å².